The summed E-state index contributed by atoms with van der Waals surface area (Å²) in [5.74, 6) is 0.406. The molecule has 8 heteroatoms. The first-order valence-electron chi connectivity index (χ1n) is 7.18. The summed E-state index contributed by atoms with van der Waals surface area (Å²) in [6.07, 6.45) is 3.04. The molecule has 1 aliphatic rings. The second-order valence-corrected chi connectivity index (χ2v) is 4.86. The van der Waals surface area contributed by atoms with Gasteiger partial charge in [0.05, 0.1) is 12.7 Å². The summed E-state index contributed by atoms with van der Waals surface area (Å²) in [6, 6.07) is -0.167. The summed E-state index contributed by atoms with van der Waals surface area (Å²) >= 11 is 0. The molecule has 8 nitrogen and oxygen atoms in total. The quantitative estimate of drug-likeness (QED) is 0.874. The molecule has 1 saturated heterocycles. The number of hydrogen-bond donors (Lipinski definition) is 1. The normalized spacial score (nSPS) is 19.1. The lowest BCUT2D eigenvalue weighted by Gasteiger charge is -2.32. The van der Waals surface area contributed by atoms with Crippen LogP contribution in [-0.4, -0.2) is 56.9 Å². The van der Waals surface area contributed by atoms with Crippen LogP contribution in [0, 0.1) is 0 Å². The molecule has 1 aliphatic heterocycles. The molecule has 0 saturated carbocycles. The lowest BCUT2D eigenvalue weighted by molar-refractivity contribution is -0.0135. The van der Waals surface area contributed by atoms with E-state index in [1.54, 1.807) is 9.58 Å². The second-order valence-electron chi connectivity index (χ2n) is 4.86. The molecule has 20 heavy (non-hydrogen) atoms. The van der Waals surface area contributed by atoms with Crippen molar-refractivity contribution in [1.29, 1.82) is 0 Å². The summed E-state index contributed by atoms with van der Waals surface area (Å²) in [5, 5.41) is 14.1. The Morgan fingerprint density at radius 1 is 1.50 bits per heavy atom. The smallest absolute Gasteiger partial charge is 0.324 e. The van der Waals surface area contributed by atoms with Gasteiger partial charge in [-0.2, -0.15) is 0 Å². The summed E-state index contributed by atoms with van der Waals surface area (Å²) < 4.78 is 7.18. The first kappa shape index (κ1) is 14.7. The molecule has 0 aliphatic carbocycles. The number of aromatic nitrogens is 4. The Morgan fingerprint density at radius 3 is 3.10 bits per heavy atom. The van der Waals surface area contributed by atoms with Gasteiger partial charge in [0.25, 0.3) is 5.95 Å². The fourth-order valence-corrected chi connectivity index (χ4v) is 2.08. The standard InChI is InChI=1S/C12H22N6O2/c1-3-5-6-18-11(14-15-16-18)13-12(19)17-7-8-20-10(4-2)9-17/h10H,3-9H2,1-2H3,(H,13,14,16,19)/t10-/m1/s1. The average molecular weight is 282 g/mol. The molecule has 0 bridgehead atoms. The van der Waals surface area contributed by atoms with Crippen molar-refractivity contribution in [1.82, 2.24) is 25.1 Å². The largest absolute Gasteiger partial charge is 0.375 e. The van der Waals surface area contributed by atoms with Crippen LogP contribution in [0.1, 0.15) is 33.1 Å². The van der Waals surface area contributed by atoms with Gasteiger partial charge in [-0.15, -0.1) is 0 Å². The molecule has 0 radical (unpaired) electrons. The van der Waals surface area contributed by atoms with Crippen LogP contribution < -0.4 is 5.32 Å². The third kappa shape index (κ3) is 3.66. The number of urea groups is 1. The van der Waals surface area contributed by atoms with Crippen molar-refractivity contribution in [3.05, 3.63) is 0 Å². The van der Waals surface area contributed by atoms with Crippen LogP contribution >= 0.6 is 0 Å². The van der Waals surface area contributed by atoms with Crippen molar-refractivity contribution in [2.24, 2.45) is 0 Å². The number of amides is 2. The Kier molecular flexibility index (Phi) is 5.28. The maximum Gasteiger partial charge on any atom is 0.324 e. The van der Waals surface area contributed by atoms with E-state index in [1.807, 2.05) is 0 Å². The van der Waals surface area contributed by atoms with E-state index in [4.69, 9.17) is 4.74 Å². The van der Waals surface area contributed by atoms with Crippen molar-refractivity contribution in [2.75, 3.05) is 25.0 Å². The zero-order chi connectivity index (χ0) is 14.4. The molecule has 0 unspecified atom stereocenters. The zero-order valence-electron chi connectivity index (χ0n) is 12.1. The number of aryl methyl sites for hydroxylation is 1. The van der Waals surface area contributed by atoms with E-state index in [2.05, 4.69) is 34.7 Å². The number of hydrogen-bond acceptors (Lipinski definition) is 5. The fourth-order valence-electron chi connectivity index (χ4n) is 2.08. The molecule has 0 spiro atoms. The lowest BCUT2D eigenvalue weighted by atomic mass is 10.2. The third-order valence-electron chi connectivity index (χ3n) is 3.36. The van der Waals surface area contributed by atoms with Gasteiger partial charge in [0, 0.05) is 19.6 Å². The number of unbranched alkanes of at least 4 members (excludes halogenated alkanes) is 1. The Morgan fingerprint density at radius 2 is 2.35 bits per heavy atom. The van der Waals surface area contributed by atoms with Gasteiger partial charge in [0.15, 0.2) is 0 Å². The maximum absolute atomic E-state index is 12.2. The van der Waals surface area contributed by atoms with Gasteiger partial charge < -0.3 is 9.64 Å². The van der Waals surface area contributed by atoms with Gasteiger partial charge in [0.1, 0.15) is 0 Å². The first-order valence-corrected chi connectivity index (χ1v) is 7.18. The van der Waals surface area contributed by atoms with Crippen LogP contribution in [0.3, 0.4) is 0 Å². The molecular weight excluding hydrogens is 260 g/mol. The van der Waals surface area contributed by atoms with Crippen LogP contribution in [0.15, 0.2) is 0 Å². The minimum atomic E-state index is -0.167. The number of tetrazole rings is 1. The Balaban J connectivity index is 1.92. The number of morpholine rings is 1. The van der Waals surface area contributed by atoms with Crippen molar-refractivity contribution >= 4 is 12.0 Å². The molecule has 2 rings (SSSR count). The molecule has 2 amide bonds. The van der Waals surface area contributed by atoms with E-state index in [-0.39, 0.29) is 12.1 Å². The highest BCUT2D eigenvalue weighted by Gasteiger charge is 2.24. The number of carbonyl (C=O) groups is 1. The van der Waals surface area contributed by atoms with E-state index >= 15 is 0 Å². The topological polar surface area (TPSA) is 85.2 Å². The molecule has 1 aromatic heterocycles. The van der Waals surface area contributed by atoms with Gasteiger partial charge in [-0.1, -0.05) is 25.4 Å². The predicted octanol–water partition coefficient (Wildman–Crippen LogP) is 1.12. The number of nitrogens with one attached hydrogen (secondary N) is 1. The molecular formula is C12H22N6O2. The average Bonchev–Trinajstić information content (AvgIpc) is 2.92. The summed E-state index contributed by atoms with van der Waals surface area (Å²) in [5.41, 5.74) is 0. The molecule has 2 heterocycles. The third-order valence-corrected chi connectivity index (χ3v) is 3.36. The van der Waals surface area contributed by atoms with Crippen LogP contribution in [0.2, 0.25) is 0 Å². The lowest BCUT2D eigenvalue weighted by Crippen LogP contribution is -2.47. The van der Waals surface area contributed by atoms with Gasteiger partial charge in [0.2, 0.25) is 0 Å². The number of carbonyl (C=O) groups excluding carboxylic acids is 1. The molecule has 1 atom stereocenters. The number of ether oxygens (including phenoxy) is 1. The van der Waals surface area contributed by atoms with Crippen molar-refractivity contribution in [2.45, 2.75) is 45.8 Å². The molecule has 1 fully saturated rings. The zero-order valence-corrected chi connectivity index (χ0v) is 12.1. The highest BCUT2D eigenvalue weighted by molar-refractivity contribution is 5.87. The van der Waals surface area contributed by atoms with Crippen molar-refractivity contribution in [3.8, 4) is 0 Å². The van der Waals surface area contributed by atoms with Crippen LogP contribution in [0.5, 0.6) is 0 Å². The van der Waals surface area contributed by atoms with Gasteiger partial charge in [-0.05, 0) is 23.3 Å². The Hall–Kier alpha value is -1.70. The number of anilines is 1. The van der Waals surface area contributed by atoms with Crippen LogP contribution in [0.4, 0.5) is 10.7 Å². The molecule has 112 valence electrons. The van der Waals surface area contributed by atoms with E-state index in [1.165, 1.54) is 0 Å². The highest BCUT2D eigenvalue weighted by atomic mass is 16.5. The summed E-state index contributed by atoms with van der Waals surface area (Å²) in [4.78, 5) is 13.9. The molecule has 1 N–H and O–H groups in total. The van der Waals surface area contributed by atoms with Gasteiger partial charge in [-0.3, -0.25) is 5.32 Å². The Labute approximate surface area is 118 Å². The minimum absolute atomic E-state index is 0.116. The van der Waals surface area contributed by atoms with Crippen molar-refractivity contribution in [3.63, 3.8) is 0 Å². The fraction of sp³-hybridized carbons (Fsp3) is 0.833. The maximum atomic E-state index is 12.2. The van der Waals surface area contributed by atoms with Crippen molar-refractivity contribution < 1.29 is 9.53 Å². The first-order chi connectivity index (χ1) is 9.74. The van der Waals surface area contributed by atoms with E-state index < -0.39 is 0 Å². The van der Waals surface area contributed by atoms with Crippen LogP contribution in [0.25, 0.3) is 0 Å². The number of rotatable bonds is 5. The summed E-state index contributed by atoms with van der Waals surface area (Å²) in [6.45, 7) is 6.64. The Bertz CT molecular complexity index is 435. The summed E-state index contributed by atoms with van der Waals surface area (Å²) in [7, 11) is 0. The van der Waals surface area contributed by atoms with E-state index in [0.717, 1.165) is 19.3 Å². The molecule has 1 aromatic rings. The van der Waals surface area contributed by atoms with Gasteiger partial charge in [-0.25, -0.2) is 9.48 Å². The van der Waals surface area contributed by atoms with Gasteiger partial charge >= 0.3 is 6.03 Å². The van der Waals surface area contributed by atoms with E-state index in [0.29, 0.717) is 32.2 Å². The monoisotopic (exact) mass is 282 g/mol. The van der Waals surface area contributed by atoms with Crippen LogP contribution in [-0.2, 0) is 11.3 Å². The predicted molar refractivity (Wildman–Crippen MR) is 73.3 cm³/mol. The second kappa shape index (κ2) is 7.18. The SMILES string of the molecule is CCCCn1nnnc1NC(=O)N1CCO[C@H](CC)C1. The highest BCUT2D eigenvalue weighted by Crippen LogP contribution is 2.10. The molecule has 0 aromatic carbocycles. The number of nitrogens with zero attached hydrogens (tertiary/aromatic N) is 5. The van der Waals surface area contributed by atoms with E-state index in [9.17, 15) is 4.79 Å². The minimum Gasteiger partial charge on any atom is -0.375 e.